The van der Waals surface area contributed by atoms with E-state index in [9.17, 15) is 4.39 Å². The molecule has 0 spiro atoms. The van der Waals surface area contributed by atoms with Gasteiger partial charge in [0.1, 0.15) is 5.82 Å². The number of halogens is 1. The maximum atomic E-state index is 13.7. The van der Waals surface area contributed by atoms with Gasteiger partial charge in [-0.05, 0) is 49.3 Å². The third kappa shape index (κ3) is 2.19. The summed E-state index contributed by atoms with van der Waals surface area (Å²) >= 11 is 0. The monoisotopic (exact) mass is 260 g/mol. The zero-order valence-electron chi connectivity index (χ0n) is 11.2. The molecule has 0 radical (unpaired) electrons. The van der Waals surface area contributed by atoms with Crippen molar-refractivity contribution in [1.29, 1.82) is 0 Å². The van der Waals surface area contributed by atoms with Gasteiger partial charge in [-0.2, -0.15) is 0 Å². The molecule has 0 amide bonds. The Hall–Kier alpha value is -0.930. The lowest BCUT2D eigenvalue weighted by Crippen LogP contribution is -2.35. The van der Waals surface area contributed by atoms with Crippen LogP contribution in [0.4, 0.5) is 4.39 Å². The van der Waals surface area contributed by atoms with Gasteiger partial charge in [-0.3, -0.25) is 4.90 Å². The van der Waals surface area contributed by atoms with E-state index in [1.807, 2.05) is 6.07 Å². The molecule has 2 nitrogen and oxygen atoms in total. The SMILES string of the molecule is Fc1cccc2c1CCC2NC1CCN(C2CC2)C1. The highest BCUT2D eigenvalue weighted by atomic mass is 19.1. The standard InChI is InChI=1S/C16H21FN2/c17-15-3-1-2-14-13(15)6-7-16(14)18-11-8-9-19(10-11)12-4-5-12/h1-3,11-12,16,18H,4-10H2. The maximum Gasteiger partial charge on any atom is 0.126 e. The lowest BCUT2D eigenvalue weighted by atomic mass is 10.1. The topological polar surface area (TPSA) is 15.3 Å². The summed E-state index contributed by atoms with van der Waals surface area (Å²) in [5, 5.41) is 3.77. The third-order valence-electron chi connectivity index (χ3n) is 4.93. The molecular weight excluding hydrogens is 239 g/mol. The van der Waals surface area contributed by atoms with Crippen LogP contribution in [0.3, 0.4) is 0 Å². The molecule has 1 heterocycles. The van der Waals surface area contributed by atoms with Crippen molar-refractivity contribution in [2.45, 2.75) is 50.2 Å². The minimum atomic E-state index is -0.0205. The quantitative estimate of drug-likeness (QED) is 0.899. The van der Waals surface area contributed by atoms with Crippen LogP contribution in [-0.4, -0.2) is 30.1 Å². The maximum absolute atomic E-state index is 13.7. The summed E-state index contributed by atoms with van der Waals surface area (Å²) in [4.78, 5) is 2.62. The van der Waals surface area contributed by atoms with E-state index in [-0.39, 0.29) is 5.82 Å². The Balaban J connectivity index is 1.44. The zero-order valence-corrected chi connectivity index (χ0v) is 11.2. The van der Waals surface area contributed by atoms with Gasteiger partial charge in [0.15, 0.2) is 0 Å². The molecule has 1 aliphatic heterocycles. The minimum absolute atomic E-state index is 0.0205. The predicted octanol–water partition coefficient (Wildman–Crippen LogP) is 2.64. The number of nitrogens with one attached hydrogen (secondary N) is 1. The molecular formula is C16H21FN2. The second kappa shape index (κ2) is 4.57. The Morgan fingerprint density at radius 3 is 2.89 bits per heavy atom. The highest BCUT2D eigenvalue weighted by Gasteiger charge is 2.36. The van der Waals surface area contributed by atoms with E-state index in [4.69, 9.17) is 0 Å². The van der Waals surface area contributed by atoms with Gasteiger partial charge in [0.2, 0.25) is 0 Å². The van der Waals surface area contributed by atoms with Crippen LogP contribution in [0.1, 0.15) is 42.9 Å². The molecule has 0 aromatic heterocycles. The highest BCUT2D eigenvalue weighted by molar-refractivity contribution is 5.35. The molecule has 1 aromatic rings. The molecule has 3 aliphatic rings. The minimum Gasteiger partial charge on any atom is -0.306 e. The number of hydrogen-bond acceptors (Lipinski definition) is 2. The van der Waals surface area contributed by atoms with Crippen LogP contribution in [0.25, 0.3) is 0 Å². The first-order valence-electron chi connectivity index (χ1n) is 7.58. The van der Waals surface area contributed by atoms with Crippen molar-refractivity contribution in [2.75, 3.05) is 13.1 Å². The summed E-state index contributed by atoms with van der Waals surface area (Å²) in [5.41, 5.74) is 2.14. The molecule has 2 atom stereocenters. The fourth-order valence-electron chi connectivity index (χ4n) is 3.76. The van der Waals surface area contributed by atoms with Crippen LogP contribution in [0, 0.1) is 5.82 Å². The van der Waals surface area contributed by atoms with Gasteiger partial charge in [0.25, 0.3) is 0 Å². The number of likely N-dealkylation sites (tertiary alicyclic amines) is 1. The van der Waals surface area contributed by atoms with Gasteiger partial charge in [-0.15, -0.1) is 0 Å². The first-order valence-corrected chi connectivity index (χ1v) is 7.58. The molecule has 3 heteroatoms. The van der Waals surface area contributed by atoms with E-state index in [1.54, 1.807) is 6.07 Å². The van der Waals surface area contributed by atoms with Crippen LogP contribution in [0.5, 0.6) is 0 Å². The number of nitrogens with zero attached hydrogens (tertiary/aromatic N) is 1. The van der Waals surface area contributed by atoms with Crippen molar-refractivity contribution in [1.82, 2.24) is 10.2 Å². The molecule has 1 saturated carbocycles. The second-order valence-electron chi connectivity index (χ2n) is 6.28. The summed E-state index contributed by atoms with van der Waals surface area (Å²) in [6.07, 6.45) is 5.97. The van der Waals surface area contributed by atoms with E-state index >= 15 is 0 Å². The van der Waals surface area contributed by atoms with Crippen LogP contribution in [-0.2, 0) is 6.42 Å². The highest BCUT2D eigenvalue weighted by Crippen LogP contribution is 2.35. The lowest BCUT2D eigenvalue weighted by molar-refractivity contribution is 0.312. The van der Waals surface area contributed by atoms with Gasteiger partial charge in [0, 0.05) is 31.2 Å². The lowest BCUT2D eigenvalue weighted by Gasteiger charge is -2.20. The summed E-state index contributed by atoms with van der Waals surface area (Å²) < 4.78 is 13.7. The number of fused-ring (bicyclic) bond motifs is 1. The Morgan fingerprint density at radius 2 is 2.05 bits per heavy atom. The zero-order chi connectivity index (χ0) is 12.8. The van der Waals surface area contributed by atoms with Crippen molar-refractivity contribution in [3.05, 3.63) is 35.1 Å². The van der Waals surface area contributed by atoms with Gasteiger partial charge < -0.3 is 5.32 Å². The van der Waals surface area contributed by atoms with Crippen molar-refractivity contribution in [3.8, 4) is 0 Å². The van der Waals surface area contributed by atoms with Gasteiger partial charge in [-0.1, -0.05) is 12.1 Å². The van der Waals surface area contributed by atoms with Crippen molar-refractivity contribution < 1.29 is 4.39 Å². The molecule has 2 fully saturated rings. The number of benzene rings is 1. The van der Waals surface area contributed by atoms with Crippen molar-refractivity contribution >= 4 is 0 Å². The first kappa shape index (κ1) is 11.9. The second-order valence-corrected chi connectivity index (χ2v) is 6.28. The largest absolute Gasteiger partial charge is 0.306 e. The number of hydrogen-bond donors (Lipinski definition) is 1. The van der Waals surface area contributed by atoms with Gasteiger partial charge in [-0.25, -0.2) is 4.39 Å². The molecule has 2 unspecified atom stereocenters. The summed E-state index contributed by atoms with van der Waals surface area (Å²) in [7, 11) is 0. The fraction of sp³-hybridized carbons (Fsp3) is 0.625. The normalized spacial score (nSPS) is 30.8. The summed E-state index contributed by atoms with van der Waals surface area (Å²) in [5.74, 6) is -0.0205. The first-order chi connectivity index (χ1) is 9.31. The van der Waals surface area contributed by atoms with E-state index in [0.29, 0.717) is 12.1 Å². The van der Waals surface area contributed by atoms with Crippen molar-refractivity contribution in [3.63, 3.8) is 0 Å². The Labute approximate surface area is 114 Å². The van der Waals surface area contributed by atoms with Crippen LogP contribution in [0.2, 0.25) is 0 Å². The Bertz CT molecular complexity index is 484. The average Bonchev–Trinajstić information content (AvgIpc) is 3.02. The molecule has 1 N–H and O–H groups in total. The molecule has 2 aliphatic carbocycles. The van der Waals surface area contributed by atoms with E-state index in [0.717, 1.165) is 24.4 Å². The summed E-state index contributed by atoms with van der Waals surface area (Å²) in [6.45, 7) is 2.43. The van der Waals surface area contributed by atoms with Crippen LogP contribution in [0.15, 0.2) is 18.2 Å². The van der Waals surface area contributed by atoms with Crippen LogP contribution >= 0.6 is 0 Å². The third-order valence-corrected chi connectivity index (χ3v) is 4.93. The van der Waals surface area contributed by atoms with Crippen molar-refractivity contribution in [2.24, 2.45) is 0 Å². The predicted molar refractivity (Wildman–Crippen MR) is 73.6 cm³/mol. The van der Waals surface area contributed by atoms with Crippen LogP contribution < -0.4 is 5.32 Å². The van der Waals surface area contributed by atoms with E-state index < -0.39 is 0 Å². The van der Waals surface area contributed by atoms with E-state index in [1.165, 1.54) is 37.9 Å². The van der Waals surface area contributed by atoms with Gasteiger partial charge >= 0.3 is 0 Å². The summed E-state index contributed by atoms with van der Waals surface area (Å²) in [6, 6.07) is 7.37. The Kier molecular flexibility index (Phi) is 2.85. The molecule has 1 saturated heterocycles. The molecule has 0 bridgehead atoms. The smallest absolute Gasteiger partial charge is 0.126 e. The molecule has 1 aromatic carbocycles. The average molecular weight is 260 g/mol. The fourth-order valence-corrected chi connectivity index (χ4v) is 3.76. The molecule has 102 valence electrons. The van der Waals surface area contributed by atoms with Gasteiger partial charge in [0.05, 0.1) is 0 Å². The van der Waals surface area contributed by atoms with E-state index in [2.05, 4.69) is 16.3 Å². The molecule has 4 rings (SSSR count). The Morgan fingerprint density at radius 1 is 1.16 bits per heavy atom. The molecule has 19 heavy (non-hydrogen) atoms. The number of rotatable bonds is 3.